The van der Waals surface area contributed by atoms with E-state index in [9.17, 15) is 0 Å². The molecule has 0 atom stereocenters. The van der Waals surface area contributed by atoms with Crippen LogP contribution < -0.4 is 25.4 Å². The number of hydrogen-bond donors (Lipinski definition) is 2. The first kappa shape index (κ1) is 19.8. The molecule has 8 nitrogen and oxygen atoms in total. The van der Waals surface area contributed by atoms with Crippen LogP contribution in [-0.2, 0) is 4.74 Å². The molecule has 0 aliphatic carbocycles. The molecule has 0 amide bonds. The van der Waals surface area contributed by atoms with E-state index in [0.29, 0.717) is 23.1 Å². The monoisotopic (exact) mass is 407 g/mol. The fourth-order valence-corrected chi connectivity index (χ4v) is 3.19. The minimum atomic E-state index is 0.264. The molecule has 8 heteroatoms. The van der Waals surface area contributed by atoms with Gasteiger partial charge in [0.1, 0.15) is 5.69 Å². The molecule has 0 saturated carbocycles. The van der Waals surface area contributed by atoms with E-state index >= 15 is 0 Å². The number of benzene rings is 2. The molecule has 1 aromatic heterocycles. The second-order valence-corrected chi connectivity index (χ2v) is 6.98. The molecule has 0 bridgehead atoms. The van der Waals surface area contributed by atoms with Crippen LogP contribution >= 0.6 is 0 Å². The van der Waals surface area contributed by atoms with Gasteiger partial charge in [-0.2, -0.15) is 4.98 Å². The molecule has 30 heavy (non-hydrogen) atoms. The lowest BCUT2D eigenvalue weighted by molar-refractivity contribution is 0.122. The van der Waals surface area contributed by atoms with Crippen molar-refractivity contribution in [3.05, 3.63) is 54.2 Å². The summed E-state index contributed by atoms with van der Waals surface area (Å²) >= 11 is 0. The Kier molecular flexibility index (Phi) is 5.85. The van der Waals surface area contributed by atoms with Crippen LogP contribution in [0.3, 0.4) is 0 Å². The number of anilines is 4. The van der Waals surface area contributed by atoms with Gasteiger partial charge in [-0.25, -0.2) is 4.98 Å². The lowest BCUT2D eigenvalue weighted by Crippen LogP contribution is -2.36. The van der Waals surface area contributed by atoms with Gasteiger partial charge in [0, 0.05) is 24.5 Å². The number of methoxy groups -OCH3 is 1. The summed E-state index contributed by atoms with van der Waals surface area (Å²) in [5.41, 5.74) is 9.46. The van der Waals surface area contributed by atoms with E-state index < -0.39 is 0 Å². The highest BCUT2D eigenvalue weighted by molar-refractivity contribution is 5.61. The topological polar surface area (TPSA) is 94.8 Å². The molecular formula is C22H25N5O3. The highest BCUT2D eigenvalue weighted by Crippen LogP contribution is 2.34. The first-order valence-electron chi connectivity index (χ1n) is 9.77. The summed E-state index contributed by atoms with van der Waals surface area (Å²) in [6, 6.07) is 13.8. The predicted molar refractivity (Wildman–Crippen MR) is 117 cm³/mol. The van der Waals surface area contributed by atoms with Gasteiger partial charge in [0.2, 0.25) is 11.8 Å². The van der Waals surface area contributed by atoms with Gasteiger partial charge in [0.15, 0.2) is 11.5 Å². The standard InChI is InChI=1S/C22H25N5O3/c1-15-3-8-19(20(13-15)28-2)30-21-18(23)14-24-22(26-21)25-16-4-6-17(7-5-16)27-9-11-29-12-10-27/h3-8,13-14H,9-12,23H2,1-2H3,(H,24,25,26). The number of aryl methyl sites for hydroxylation is 1. The van der Waals surface area contributed by atoms with E-state index in [4.69, 9.17) is 19.9 Å². The van der Waals surface area contributed by atoms with E-state index in [2.05, 4.69) is 32.3 Å². The highest BCUT2D eigenvalue weighted by Gasteiger charge is 2.13. The summed E-state index contributed by atoms with van der Waals surface area (Å²) in [7, 11) is 1.60. The fourth-order valence-electron chi connectivity index (χ4n) is 3.19. The Hall–Kier alpha value is -3.52. The SMILES string of the molecule is COc1cc(C)ccc1Oc1nc(Nc2ccc(N3CCOCC3)cc2)ncc1N. The highest BCUT2D eigenvalue weighted by atomic mass is 16.5. The van der Waals surface area contributed by atoms with Crippen molar-refractivity contribution in [2.24, 2.45) is 0 Å². The number of nitrogens with zero attached hydrogens (tertiary/aromatic N) is 3. The molecule has 2 heterocycles. The Labute approximate surface area is 175 Å². The summed E-state index contributed by atoms with van der Waals surface area (Å²) in [6.07, 6.45) is 1.52. The zero-order valence-corrected chi connectivity index (χ0v) is 17.1. The molecular weight excluding hydrogens is 382 g/mol. The number of hydrogen-bond acceptors (Lipinski definition) is 8. The molecule has 3 aromatic rings. The Morgan fingerprint density at radius 2 is 1.83 bits per heavy atom. The molecule has 3 N–H and O–H groups in total. The molecule has 4 rings (SSSR count). The Morgan fingerprint density at radius 1 is 1.07 bits per heavy atom. The third kappa shape index (κ3) is 4.55. The lowest BCUT2D eigenvalue weighted by Gasteiger charge is -2.28. The average molecular weight is 407 g/mol. The zero-order valence-electron chi connectivity index (χ0n) is 17.1. The van der Waals surface area contributed by atoms with Crippen LogP contribution in [0.15, 0.2) is 48.7 Å². The Morgan fingerprint density at radius 3 is 2.57 bits per heavy atom. The largest absolute Gasteiger partial charge is 0.493 e. The maximum absolute atomic E-state index is 6.02. The normalized spacial score (nSPS) is 13.7. The number of rotatable bonds is 6. The second-order valence-electron chi connectivity index (χ2n) is 6.98. The van der Waals surface area contributed by atoms with Crippen LogP contribution in [0.1, 0.15) is 5.56 Å². The van der Waals surface area contributed by atoms with Gasteiger partial charge in [-0.15, -0.1) is 0 Å². The minimum absolute atomic E-state index is 0.264. The van der Waals surface area contributed by atoms with Gasteiger partial charge in [-0.05, 0) is 48.9 Å². The minimum Gasteiger partial charge on any atom is -0.493 e. The predicted octanol–water partition coefficient (Wildman–Crippen LogP) is 3.75. The van der Waals surface area contributed by atoms with Gasteiger partial charge in [-0.3, -0.25) is 0 Å². The van der Waals surface area contributed by atoms with Crippen molar-refractivity contribution < 1.29 is 14.2 Å². The first-order valence-corrected chi connectivity index (χ1v) is 9.77. The van der Waals surface area contributed by atoms with Crippen molar-refractivity contribution in [2.75, 3.05) is 49.4 Å². The van der Waals surface area contributed by atoms with Crippen LogP contribution in [0, 0.1) is 6.92 Å². The molecule has 1 aliphatic heterocycles. The van der Waals surface area contributed by atoms with Crippen LogP contribution in [0.25, 0.3) is 0 Å². The third-order valence-corrected chi connectivity index (χ3v) is 4.81. The number of nitrogens with one attached hydrogen (secondary N) is 1. The van der Waals surface area contributed by atoms with Gasteiger partial charge in [-0.1, -0.05) is 6.07 Å². The summed E-state index contributed by atoms with van der Waals surface area (Å²) < 4.78 is 16.7. The fraction of sp³-hybridized carbons (Fsp3) is 0.273. The van der Waals surface area contributed by atoms with Crippen LogP contribution in [0.2, 0.25) is 0 Å². The Bertz CT molecular complexity index is 1000. The summed E-state index contributed by atoms with van der Waals surface area (Å²) in [4.78, 5) is 11.0. The van der Waals surface area contributed by atoms with Crippen molar-refractivity contribution in [2.45, 2.75) is 6.92 Å². The molecule has 0 spiro atoms. The molecule has 0 radical (unpaired) electrons. The number of nitrogens with two attached hydrogens (primary N) is 1. The number of morpholine rings is 1. The molecule has 1 saturated heterocycles. The zero-order chi connectivity index (χ0) is 20.9. The maximum Gasteiger partial charge on any atom is 0.247 e. The number of aromatic nitrogens is 2. The van der Waals surface area contributed by atoms with Crippen molar-refractivity contribution in [1.82, 2.24) is 9.97 Å². The van der Waals surface area contributed by atoms with E-state index in [0.717, 1.165) is 43.2 Å². The van der Waals surface area contributed by atoms with Crippen molar-refractivity contribution in [1.29, 1.82) is 0 Å². The maximum atomic E-state index is 6.02. The van der Waals surface area contributed by atoms with Gasteiger partial charge in [0.05, 0.1) is 26.5 Å². The average Bonchev–Trinajstić information content (AvgIpc) is 2.78. The molecule has 2 aromatic carbocycles. The van der Waals surface area contributed by atoms with E-state index in [1.54, 1.807) is 7.11 Å². The van der Waals surface area contributed by atoms with Crippen LogP contribution in [-0.4, -0.2) is 43.4 Å². The van der Waals surface area contributed by atoms with Crippen LogP contribution in [0.4, 0.5) is 23.0 Å². The van der Waals surface area contributed by atoms with E-state index in [-0.39, 0.29) is 5.88 Å². The van der Waals surface area contributed by atoms with E-state index in [1.165, 1.54) is 6.20 Å². The number of ether oxygens (including phenoxy) is 3. The quantitative estimate of drug-likeness (QED) is 0.638. The Balaban J connectivity index is 1.49. The van der Waals surface area contributed by atoms with Gasteiger partial charge >= 0.3 is 0 Å². The van der Waals surface area contributed by atoms with Crippen LogP contribution in [0.5, 0.6) is 17.4 Å². The molecule has 0 unspecified atom stereocenters. The second kappa shape index (κ2) is 8.87. The van der Waals surface area contributed by atoms with Gasteiger partial charge in [0.25, 0.3) is 0 Å². The van der Waals surface area contributed by atoms with Gasteiger partial charge < -0.3 is 30.2 Å². The third-order valence-electron chi connectivity index (χ3n) is 4.81. The molecule has 156 valence electrons. The number of nitrogen functional groups attached to an aromatic ring is 1. The molecule has 1 fully saturated rings. The van der Waals surface area contributed by atoms with Crippen molar-refractivity contribution in [3.63, 3.8) is 0 Å². The summed E-state index contributed by atoms with van der Waals surface area (Å²) in [6.45, 7) is 5.30. The molecule has 1 aliphatic rings. The summed E-state index contributed by atoms with van der Waals surface area (Å²) in [5.74, 6) is 1.81. The van der Waals surface area contributed by atoms with E-state index in [1.807, 2.05) is 37.3 Å². The first-order chi connectivity index (χ1) is 14.6. The lowest BCUT2D eigenvalue weighted by atomic mass is 10.2. The summed E-state index contributed by atoms with van der Waals surface area (Å²) in [5, 5.41) is 3.19. The smallest absolute Gasteiger partial charge is 0.247 e. The van der Waals surface area contributed by atoms with Crippen molar-refractivity contribution >= 4 is 23.0 Å². The van der Waals surface area contributed by atoms with Crippen molar-refractivity contribution in [3.8, 4) is 17.4 Å².